The lowest BCUT2D eigenvalue weighted by molar-refractivity contribution is 0.382. The molecule has 1 rings (SSSR count). The average Bonchev–Trinajstić information content (AvgIpc) is 2.89. The Kier molecular flexibility index (Phi) is 25.5. The van der Waals surface area contributed by atoms with Gasteiger partial charge < -0.3 is 14.7 Å². The molecule has 0 spiro atoms. The number of thiocarbonyl (C=S) groups is 3. The van der Waals surface area contributed by atoms with Crippen molar-refractivity contribution < 1.29 is 0 Å². The second-order valence-electron chi connectivity index (χ2n) is 11.2. The lowest BCUT2D eigenvalue weighted by Gasteiger charge is -2.23. The zero-order valence-corrected chi connectivity index (χ0v) is 29.6. The quantitative estimate of drug-likeness (QED) is 0.177. The van der Waals surface area contributed by atoms with Gasteiger partial charge >= 0.3 is 0 Å². The molecule has 1 fully saturated rings. The molecule has 0 saturated carbocycles. The maximum atomic E-state index is 5.41. The zero-order valence-electron chi connectivity index (χ0n) is 24.5. The third-order valence-corrected chi connectivity index (χ3v) is 9.50. The summed E-state index contributed by atoms with van der Waals surface area (Å²) in [7, 11) is 0. The van der Waals surface area contributed by atoms with Crippen LogP contribution in [0.1, 0.15) is 135 Å². The largest absolute Gasteiger partial charge is 0.358 e. The molecule has 0 aromatic rings. The molecule has 1 saturated heterocycles. The Morgan fingerprint density at radius 2 is 0.410 bits per heavy atom. The molecule has 0 bridgehead atoms. The minimum Gasteiger partial charge on any atom is -0.358 e. The van der Waals surface area contributed by atoms with Crippen molar-refractivity contribution in [1.82, 2.24) is 14.7 Å². The van der Waals surface area contributed by atoms with Gasteiger partial charge in [-0.25, -0.2) is 0 Å². The molecule has 0 radical (unpaired) electrons. The van der Waals surface area contributed by atoms with Crippen molar-refractivity contribution in [3.05, 3.63) is 0 Å². The van der Waals surface area contributed by atoms with Gasteiger partial charge in [0.05, 0.1) is 0 Å². The van der Waals surface area contributed by atoms with Crippen molar-refractivity contribution in [3.8, 4) is 0 Å². The molecular weight excluding hydrogens is 595 g/mol. The molecule has 3 nitrogen and oxygen atoms in total. The molecule has 1 heterocycles. The summed E-state index contributed by atoms with van der Waals surface area (Å²) >= 11 is 29.7. The van der Waals surface area contributed by atoms with Gasteiger partial charge in [0.25, 0.3) is 0 Å². The fourth-order valence-electron chi connectivity index (χ4n) is 5.38. The van der Waals surface area contributed by atoms with Crippen molar-refractivity contribution >= 4 is 87.5 Å². The molecule has 0 N–H and O–H groups in total. The summed E-state index contributed by atoms with van der Waals surface area (Å²) in [4.78, 5) is 6.92. The molecular formula is C30H57N3S6. The van der Waals surface area contributed by atoms with E-state index < -0.39 is 0 Å². The van der Waals surface area contributed by atoms with E-state index in [1.54, 1.807) is 0 Å². The second kappa shape index (κ2) is 26.4. The van der Waals surface area contributed by atoms with Crippen LogP contribution in [0, 0.1) is 0 Å². The lowest BCUT2D eigenvalue weighted by Crippen LogP contribution is -2.28. The van der Waals surface area contributed by atoms with E-state index in [2.05, 4.69) is 52.6 Å². The van der Waals surface area contributed by atoms with Crippen LogP contribution in [0.4, 0.5) is 0 Å². The van der Waals surface area contributed by atoms with Crippen LogP contribution in [-0.2, 0) is 0 Å². The van der Waals surface area contributed by atoms with E-state index in [9.17, 15) is 0 Å². The minimum atomic E-state index is 0.763. The average molecular weight is 652 g/mol. The van der Waals surface area contributed by atoms with Crippen LogP contribution >= 0.6 is 74.5 Å². The summed E-state index contributed by atoms with van der Waals surface area (Å²) in [5, 5.41) is 0. The minimum absolute atomic E-state index is 0.763. The van der Waals surface area contributed by atoms with Crippen molar-refractivity contribution in [2.75, 3.05) is 39.3 Å². The topological polar surface area (TPSA) is 9.72 Å². The fourth-order valence-corrected chi connectivity index (χ4v) is 6.52. The first-order chi connectivity index (χ1) is 18.9. The summed E-state index contributed by atoms with van der Waals surface area (Å²) < 4.78 is 2.29. The predicted molar refractivity (Wildman–Crippen MR) is 196 cm³/mol. The van der Waals surface area contributed by atoms with Gasteiger partial charge in [0.2, 0.25) is 0 Å². The van der Waals surface area contributed by atoms with Gasteiger partial charge in [0, 0.05) is 39.3 Å². The van der Waals surface area contributed by atoms with Gasteiger partial charge in [0.15, 0.2) is 0 Å². The van der Waals surface area contributed by atoms with Crippen LogP contribution in [0.15, 0.2) is 0 Å². The summed E-state index contributed by atoms with van der Waals surface area (Å²) in [5.41, 5.74) is 0. The van der Waals surface area contributed by atoms with Crippen LogP contribution in [0.3, 0.4) is 0 Å². The molecule has 0 aliphatic carbocycles. The Hall–Kier alpha value is 0.720. The number of thiol groups is 3. The van der Waals surface area contributed by atoms with Gasteiger partial charge in [0.1, 0.15) is 13.0 Å². The smallest absolute Gasteiger partial charge is 0.133 e. The highest BCUT2D eigenvalue weighted by Crippen LogP contribution is 2.15. The zero-order chi connectivity index (χ0) is 28.6. The molecule has 0 unspecified atom stereocenters. The molecule has 1 aliphatic heterocycles. The third kappa shape index (κ3) is 22.0. The number of rotatable bonds is 0. The molecule has 0 aromatic heterocycles. The summed E-state index contributed by atoms with van der Waals surface area (Å²) in [6.45, 7) is 6.33. The number of hydrogen-bond donors (Lipinski definition) is 3. The predicted octanol–water partition coefficient (Wildman–Crippen LogP) is 9.74. The van der Waals surface area contributed by atoms with Crippen molar-refractivity contribution in [3.63, 3.8) is 0 Å². The standard InChI is InChI=1S/C30H57N3S6/c34-28(35)31-22-16-10-4-1-5-11-17-23-32(29(36)37)25-19-13-7-3-9-15-21-27-33(30(38)39)26-20-14-8-2-6-12-18-24-31/h1-27H2,(H,34,35)(H,36,37)(H,38,39). The fraction of sp³-hybridized carbons (Fsp3) is 0.900. The van der Waals surface area contributed by atoms with E-state index in [4.69, 9.17) is 36.7 Å². The second-order valence-corrected chi connectivity index (χ2v) is 14.6. The first-order valence-electron chi connectivity index (χ1n) is 15.9. The normalized spacial score (nSPS) is 21.2. The molecule has 228 valence electrons. The van der Waals surface area contributed by atoms with Crippen molar-refractivity contribution in [1.29, 1.82) is 0 Å². The van der Waals surface area contributed by atoms with Crippen LogP contribution < -0.4 is 0 Å². The Bertz CT molecular complexity index is 533. The van der Waals surface area contributed by atoms with Crippen LogP contribution in [0.2, 0.25) is 0 Å². The van der Waals surface area contributed by atoms with Gasteiger partial charge in [-0.1, -0.05) is 133 Å². The van der Waals surface area contributed by atoms with E-state index in [1.807, 2.05) is 0 Å². The van der Waals surface area contributed by atoms with E-state index >= 15 is 0 Å². The summed E-state index contributed by atoms with van der Waals surface area (Å²) in [5.74, 6) is 0. The van der Waals surface area contributed by atoms with Crippen LogP contribution in [-0.4, -0.2) is 66.9 Å². The molecule has 9 heteroatoms. The molecule has 0 aromatic carbocycles. The highest BCUT2D eigenvalue weighted by atomic mass is 32.1. The number of hydrogen-bond acceptors (Lipinski definition) is 3. The Labute approximate surface area is 274 Å². The first-order valence-corrected chi connectivity index (χ1v) is 18.4. The van der Waals surface area contributed by atoms with E-state index in [0.29, 0.717) is 0 Å². The van der Waals surface area contributed by atoms with Gasteiger partial charge in [-0.05, 0) is 38.5 Å². The molecule has 1 aliphatic rings. The summed E-state index contributed by atoms with van der Waals surface area (Å²) in [6, 6.07) is 0. The van der Waals surface area contributed by atoms with Gasteiger partial charge in [-0.2, -0.15) is 0 Å². The summed E-state index contributed by atoms with van der Waals surface area (Å²) in [6.07, 6.45) is 26.9. The van der Waals surface area contributed by atoms with Crippen LogP contribution in [0.5, 0.6) is 0 Å². The van der Waals surface area contributed by atoms with Crippen molar-refractivity contribution in [2.45, 2.75) is 135 Å². The number of nitrogens with zero attached hydrogens (tertiary/aromatic N) is 3. The van der Waals surface area contributed by atoms with E-state index in [0.717, 1.165) is 52.2 Å². The molecule has 0 atom stereocenters. The molecule has 0 amide bonds. The van der Waals surface area contributed by atoms with Crippen molar-refractivity contribution in [2.24, 2.45) is 0 Å². The SMILES string of the molecule is S=C(S)N1CCCCCCCCCN(C(=S)S)CCCCCCCCCN(C(=S)S)CCCCCCCCC1. The third-order valence-electron chi connectivity index (χ3n) is 7.88. The highest BCUT2D eigenvalue weighted by molar-refractivity contribution is 8.11. The van der Waals surface area contributed by atoms with Crippen LogP contribution in [0.25, 0.3) is 0 Å². The van der Waals surface area contributed by atoms with E-state index in [-0.39, 0.29) is 0 Å². The van der Waals surface area contributed by atoms with Gasteiger partial charge in [-0.3, -0.25) is 0 Å². The monoisotopic (exact) mass is 651 g/mol. The Morgan fingerprint density at radius 1 is 0.282 bits per heavy atom. The maximum Gasteiger partial charge on any atom is 0.133 e. The van der Waals surface area contributed by atoms with E-state index in [1.165, 1.54) is 135 Å². The maximum absolute atomic E-state index is 5.41. The Balaban J connectivity index is 2.44. The highest BCUT2D eigenvalue weighted by Gasteiger charge is 2.09. The first kappa shape index (κ1) is 37.7. The van der Waals surface area contributed by atoms with Gasteiger partial charge in [-0.15, -0.1) is 37.9 Å². The molecule has 39 heavy (non-hydrogen) atoms. The Morgan fingerprint density at radius 3 is 0.538 bits per heavy atom. The lowest BCUT2D eigenvalue weighted by atomic mass is 10.1.